The van der Waals surface area contributed by atoms with Crippen molar-refractivity contribution in [2.75, 3.05) is 0 Å². The molecule has 2 aromatic carbocycles. The molecule has 32 heavy (non-hydrogen) atoms. The predicted molar refractivity (Wildman–Crippen MR) is 131 cm³/mol. The summed E-state index contributed by atoms with van der Waals surface area (Å²) < 4.78 is 39.4. The number of hydrogen-bond acceptors (Lipinski definition) is 0. The second kappa shape index (κ2) is 12.7. The Morgan fingerprint density at radius 3 is 2.25 bits per heavy atom. The van der Waals surface area contributed by atoms with E-state index in [1.165, 1.54) is 62.6 Å². The van der Waals surface area contributed by atoms with Gasteiger partial charge in [0.05, 0.1) is 0 Å². The quantitative estimate of drug-likeness (QED) is 0.163. The van der Waals surface area contributed by atoms with Gasteiger partial charge in [-0.1, -0.05) is 93.3 Å². The Labute approximate surface area is 192 Å². The molecule has 170 valence electrons. The third-order valence-electron chi connectivity index (χ3n) is 6.53. The van der Waals surface area contributed by atoms with E-state index in [-0.39, 0.29) is 5.56 Å². The van der Waals surface area contributed by atoms with Crippen molar-refractivity contribution in [2.45, 2.75) is 75.9 Å². The van der Waals surface area contributed by atoms with E-state index < -0.39 is 26.2 Å². The topological polar surface area (TPSA) is 0 Å². The minimum Gasteiger partial charge on any atom is -0.204 e. The van der Waals surface area contributed by atoms with Crippen LogP contribution in [0.1, 0.15) is 74.5 Å². The van der Waals surface area contributed by atoms with Crippen molar-refractivity contribution in [2.24, 2.45) is 0 Å². The zero-order valence-electron chi connectivity index (χ0n) is 19.0. The van der Waals surface area contributed by atoms with Crippen LogP contribution >= 0.6 is 0 Å². The molecule has 0 amide bonds. The minimum absolute atomic E-state index is 0.113. The van der Waals surface area contributed by atoms with Crippen molar-refractivity contribution < 1.29 is 13.2 Å². The molecule has 0 saturated carbocycles. The Bertz CT molecular complexity index is 922. The Kier molecular flexibility index (Phi) is 9.68. The van der Waals surface area contributed by atoms with E-state index >= 15 is 0 Å². The lowest BCUT2D eigenvalue weighted by atomic mass is 9.93. The Hall–Kier alpha value is -2.25. The maximum Gasteiger partial charge on any atom is 0.194 e. The van der Waals surface area contributed by atoms with Crippen molar-refractivity contribution in [1.29, 1.82) is 0 Å². The summed E-state index contributed by atoms with van der Waals surface area (Å²) in [5.74, 6) is 2.17. The summed E-state index contributed by atoms with van der Waals surface area (Å²) in [6.07, 6.45) is 13.2. The molecule has 4 heteroatoms. The lowest BCUT2D eigenvalue weighted by Crippen LogP contribution is -2.20. The average molecular weight is 455 g/mol. The maximum atomic E-state index is 13.2. The van der Waals surface area contributed by atoms with Crippen LogP contribution in [-0.2, 0) is 0 Å². The minimum atomic E-state index is -1.47. The molecular weight excluding hydrogens is 421 g/mol. The van der Waals surface area contributed by atoms with Crippen molar-refractivity contribution in [3.8, 4) is 11.8 Å². The normalized spacial score (nSPS) is 18.5. The first-order valence-electron chi connectivity index (χ1n) is 12.0. The van der Waals surface area contributed by atoms with Gasteiger partial charge < -0.3 is 0 Å². The maximum absolute atomic E-state index is 13.2. The van der Waals surface area contributed by atoms with Crippen molar-refractivity contribution in [3.63, 3.8) is 0 Å². The Morgan fingerprint density at radius 2 is 1.59 bits per heavy atom. The van der Waals surface area contributed by atoms with Gasteiger partial charge in [-0.15, -0.1) is 0 Å². The molecule has 0 aliphatic carbocycles. The molecule has 1 aliphatic rings. The van der Waals surface area contributed by atoms with Crippen LogP contribution in [0.4, 0.5) is 13.2 Å². The number of hydrogen-bond donors (Lipinski definition) is 0. The number of benzene rings is 2. The fourth-order valence-corrected chi connectivity index (χ4v) is 8.07. The number of allylic oxidation sites excluding steroid dienone is 1. The molecule has 0 aromatic heterocycles. The van der Waals surface area contributed by atoms with Crippen molar-refractivity contribution in [1.82, 2.24) is 0 Å². The molecule has 1 aliphatic heterocycles. The molecule has 0 atom stereocenters. The highest BCUT2D eigenvalue weighted by molar-refractivity contribution is 6.59. The fraction of sp³-hybridized carbons (Fsp3) is 0.429. The van der Waals surface area contributed by atoms with E-state index in [9.17, 15) is 13.2 Å². The molecule has 0 spiro atoms. The molecule has 0 radical (unpaired) electrons. The van der Waals surface area contributed by atoms with Crippen LogP contribution in [0.3, 0.4) is 0 Å². The van der Waals surface area contributed by atoms with E-state index in [1.807, 2.05) is 6.08 Å². The summed E-state index contributed by atoms with van der Waals surface area (Å²) in [5.41, 5.74) is 2.58. The van der Waals surface area contributed by atoms with Gasteiger partial charge in [-0.05, 0) is 54.2 Å². The van der Waals surface area contributed by atoms with E-state index in [0.717, 1.165) is 17.7 Å². The van der Waals surface area contributed by atoms with Gasteiger partial charge >= 0.3 is 0 Å². The summed E-state index contributed by atoms with van der Waals surface area (Å²) >= 11 is 0. The number of unbranched alkanes of at least 4 members (excludes halogenated alkanes) is 4. The molecule has 0 unspecified atom stereocenters. The summed E-state index contributed by atoms with van der Waals surface area (Å²) in [6, 6.07) is 14.9. The first kappa shape index (κ1) is 24.4. The molecular formula is C28H33F3Si. The molecule has 1 fully saturated rings. The molecule has 0 nitrogen and oxygen atoms in total. The zero-order chi connectivity index (χ0) is 22.8. The smallest absolute Gasteiger partial charge is 0.194 e. The lowest BCUT2D eigenvalue weighted by Gasteiger charge is -2.28. The highest BCUT2D eigenvalue weighted by Gasteiger charge is 2.22. The van der Waals surface area contributed by atoms with Gasteiger partial charge in [0.15, 0.2) is 17.5 Å². The van der Waals surface area contributed by atoms with Crippen molar-refractivity contribution in [3.05, 3.63) is 76.6 Å². The zero-order valence-corrected chi connectivity index (χ0v) is 20.1. The van der Waals surface area contributed by atoms with Gasteiger partial charge in [0.25, 0.3) is 0 Å². The molecule has 0 bridgehead atoms. The Morgan fingerprint density at radius 1 is 0.938 bits per heavy atom. The van der Waals surface area contributed by atoms with Crippen LogP contribution in [0.25, 0.3) is 6.08 Å². The van der Waals surface area contributed by atoms with E-state index in [0.29, 0.717) is 5.92 Å². The van der Waals surface area contributed by atoms with E-state index in [2.05, 4.69) is 43.0 Å². The largest absolute Gasteiger partial charge is 0.204 e. The summed E-state index contributed by atoms with van der Waals surface area (Å²) in [4.78, 5) is 0. The summed E-state index contributed by atoms with van der Waals surface area (Å²) in [6.45, 7) is 2.27. The molecule has 2 aromatic rings. The second-order valence-electron chi connectivity index (χ2n) is 8.94. The van der Waals surface area contributed by atoms with Crippen LogP contribution in [-0.4, -0.2) is 8.80 Å². The van der Waals surface area contributed by atoms with E-state index in [4.69, 9.17) is 0 Å². The lowest BCUT2D eigenvalue weighted by molar-refractivity contribution is 0.446. The van der Waals surface area contributed by atoms with Crippen LogP contribution in [0.5, 0.6) is 0 Å². The molecule has 3 rings (SSSR count). The third-order valence-corrected chi connectivity index (χ3v) is 10.1. The second-order valence-corrected chi connectivity index (χ2v) is 12.4. The SMILES string of the molecule is CCCCCCC[Si@H]1CC[C@H](c2ccc(/C=C/C#Cc3cc(F)c(F)c(F)c3)cc2)CC1. The first-order valence-corrected chi connectivity index (χ1v) is 14.4. The standard InChI is InChI=1S/C28H33F3Si/c1-2-3-4-5-8-17-32-18-15-25(16-19-32)24-13-11-22(12-14-24)9-6-7-10-23-20-26(29)28(31)27(30)21-23/h6,9,11-14,20-21,25,32H,2-5,8,15-19H2,1H3/b9-6+/t25-,32-. The van der Waals surface area contributed by atoms with Crippen LogP contribution in [0.15, 0.2) is 42.5 Å². The Balaban J connectivity index is 1.46. The van der Waals surface area contributed by atoms with Gasteiger partial charge in [-0.2, -0.15) is 0 Å². The van der Waals surface area contributed by atoms with Gasteiger partial charge in [-0.3, -0.25) is 0 Å². The summed E-state index contributed by atoms with van der Waals surface area (Å²) in [7, 11) is -0.499. The first-order chi connectivity index (χ1) is 15.6. The predicted octanol–water partition coefficient (Wildman–Crippen LogP) is 8.24. The van der Waals surface area contributed by atoms with Crippen LogP contribution in [0, 0.1) is 29.3 Å². The van der Waals surface area contributed by atoms with Gasteiger partial charge in [0.2, 0.25) is 0 Å². The number of rotatable bonds is 8. The average Bonchev–Trinajstić information content (AvgIpc) is 2.81. The molecule has 1 saturated heterocycles. The van der Waals surface area contributed by atoms with Crippen LogP contribution < -0.4 is 0 Å². The molecule has 1 heterocycles. The highest BCUT2D eigenvalue weighted by Crippen LogP contribution is 2.35. The van der Waals surface area contributed by atoms with E-state index in [1.54, 1.807) is 12.1 Å². The van der Waals surface area contributed by atoms with Crippen LogP contribution in [0.2, 0.25) is 18.1 Å². The molecule has 0 N–H and O–H groups in total. The number of halogens is 3. The summed E-state index contributed by atoms with van der Waals surface area (Å²) in [5, 5.41) is 0. The van der Waals surface area contributed by atoms with Crippen molar-refractivity contribution >= 4 is 14.9 Å². The highest BCUT2D eigenvalue weighted by atomic mass is 28.3. The monoisotopic (exact) mass is 454 g/mol. The third kappa shape index (κ3) is 7.41. The van der Waals surface area contributed by atoms with Gasteiger partial charge in [-0.25, -0.2) is 13.2 Å². The fourth-order valence-electron chi connectivity index (χ4n) is 4.59. The van der Waals surface area contributed by atoms with Gasteiger partial charge in [0, 0.05) is 14.4 Å². The van der Waals surface area contributed by atoms with Gasteiger partial charge in [0.1, 0.15) is 0 Å².